The Balaban J connectivity index is 2.27. The summed E-state index contributed by atoms with van der Waals surface area (Å²) in [5.41, 5.74) is 0. The van der Waals surface area contributed by atoms with Crippen molar-refractivity contribution in [3.63, 3.8) is 0 Å². The second kappa shape index (κ2) is 40.3. The Bertz CT molecular complexity index is 878. The van der Waals surface area contributed by atoms with Crippen LogP contribution in [0.15, 0.2) is 0 Å². The molecule has 1 rings (SSSR count). The number of amides is 1. The number of unbranched alkanes of at least 4 members (excludes halogenated alkanes) is 33. The van der Waals surface area contributed by atoms with Crippen molar-refractivity contribution in [3.05, 3.63) is 0 Å². The molecule has 1 saturated heterocycles. The molecule has 2 unspecified atom stereocenters. The fourth-order valence-corrected chi connectivity index (χ4v) is 8.40. The maximum atomic E-state index is 13.0. The summed E-state index contributed by atoms with van der Waals surface area (Å²) >= 11 is 0. The average Bonchev–Trinajstić information content (AvgIpc) is 3.22. The Labute approximate surface area is 357 Å². The molecule has 6 N–H and O–H groups in total. The van der Waals surface area contributed by atoms with Gasteiger partial charge in [0.05, 0.1) is 25.4 Å². The molecule has 0 aromatic carbocycles. The monoisotopic (exact) mass is 828 g/mol. The van der Waals surface area contributed by atoms with E-state index < -0.39 is 49.5 Å². The number of hydrogen-bond acceptors (Lipinski definition) is 8. The van der Waals surface area contributed by atoms with Crippen LogP contribution in [0.5, 0.6) is 0 Å². The molecular weight excluding hydrogens is 731 g/mol. The number of nitrogens with one attached hydrogen (secondary N) is 1. The van der Waals surface area contributed by atoms with Crippen LogP contribution in [-0.4, -0.2) is 87.5 Å². The highest BCUT2D eigenvalue weighted by Gasteiger charge is 2.44. The minimum atomic E-state index is -1.55. The molecule has 346 valence electrons. The maximum Gasteiger partial charge on any atom is 0.220 e. The average molecular weight is 828 g/mol. The van der Waals surface area contributed by atoms with Gasteiger partial charge < -0.3 is 40.3 Å². The third-order valence-electron chi connectivity index (χ3n) is 12.5. The molecule has 9 nitrogen and oxygen atoms in total. The van der Waals surface area contributed by atoms with Crippen molar-refractivity contribution < 1.29 is 39.8 Å². The normalized spacial score (nSPS) is 20.7. The predicted octanol–water partition coefficient (Wildman–Crippen LogP) is 11.1. The standard InChI is InChI=1S/C49H97NO8/c1-3-5-7-9-11-13-15-17-19-21-23-25-27-29-31-33-35-37-39-45(53)50-42(41-57-49-48(56)47(55)46(54)44(40-51)58-49)43(52)38-36-34-32-30-28-26-24-22-20-18-16-14-12-10-8-6-4-2/h42-44,46-49,51-52,54-56H,3-41H2,1-2H3,(H,50,53)/t42-,43+,44+,46+,47?,48?,49+/m0/s1. The van der Waals surface area contributed by atoms with Crippen molar-refractivity contribution in [3.8, 4) is 0 Å². The van der Waals surface area contributed by atoms with E-state index in [1.165, 1.54) is 186 Å². The first-order valence-electron chi connectivity index (χ1n) is 25.2. The molecule has 0 aromatic rings. The molecule has 0 aliphatic carbocycles. The van der Waals surface area contributed by atoms with Crippen molar-refractivity contribution in [2.75, 3.05) is 13.2 Å². The molecule has 7 atom stereocenters. The third-order valence-corrected chi connectivity index (χ3v) is 12.5. The van der Waals surface area contributed by atoms with E-state index in [4.69, 9.17) is 9.47 Å². The zero-order valence-corrected chi connectivity index (χ0v) is 38.1. The Morgan fingerprint density at radius 3 is 1.22 bits per heavy atom. The molecule has 1 aliphatic rings. The molecule has 58 heavy (non-hydrogen) atoms. The van der Waals surface area contributed by atoms with Crippen LogP contribution in [-0.2, 0) is 14.3 Å². The van der Waals surface area contributed by atoms with E-state index in [2.05, 4.69) is 19.2 Å². The maximum absolute atomic E-state index is 13.0. The van der Waals surface area contributed by atoms with E-state index in [9.17, 15) is 30.3 Å². The van der Waals surface area contributed by atoms with E-state index in [1.807, 2.05) is 0 Å². The predicted molar refractivity (Wildman–Crippen MR) is 240 cm³/mol. The number of hydrogen-bond donors (Lipinski definition) is 6. The molecule has 1 aliphatic heterocycles. The first-order chi connectivity index (χ1) is 28.3. The third kappa shape index (κ3) is 30.3. The molecule has 0 saturated carbocycles. The Morgan fingerprint density at radius 2 is 0.862 bits per heavy atom. The summed E-state index contributed by atoms with van der Waals surface area (Å²) in [7, 11) is 0. The van der Waals surface area contributed by atoms with Crippen LogP contribution >= 0.6 is 0 Å². The van der Waals surface area contributed by atoms with Gasteiger partial charge in [-0.05, 0) is 12.8 Å². The summed E-state index contributed by atoms with van der Waals surface area (Å²) < 4.78 is 11.3. The fourth-order valence-electron chi connectivity index (χ4n) is 8.40. The zero-order chi connectivity index (χ0) is 42.3. The van der Waals surface area contributed by atoms with E-state index in [-0.39, 0.29) is 12.5 Å². The van der Waals surface area contributed by atoms with Crippen LogP contribution in [0.1, 0.15) is 251 Å². The van der Waals surface area contributed by atoms with Crippen LogP contribution < -0.4 is 5.32 Å². The van der Waals surface area contributed by atoms with Gasteiger partial charge in [-0.1, -0.05) is 232 Å². The van der Waals surface area contributed by atoms with Gasteiger partial charge in [-0.2, -0.15) is 0 Å². The summed E-state index contributed by atoms with van der Waals surface area (Å²) in [5.74, 6) is -0.139. The van der Waals surface area contributed by atoms with E-state index in [0.29, 0.717) is 12.8 Å². The molecule has 0 bridgehead atoms. The van der Waals surface area contributed by atoms with Gasteiger partial charge in [0.2, 0.25) is 5.91 Å². The van der Waals surface area contributed by atoms with Crippen molar-refractivity contribution in [2.45, 2.75) is 294 Å². The van der Waals surface area contributed by atoms with Crippen molar-refractivity contribution in [1.82, 2.24) is 5.32 Å². The number of rotatable bonds is 43. The van der Waals surface area contributed by atoms with Gasteiger partial charge in [-0.25, -0.2) is 0 Å². The summed E-state index contributed by atoms with van der Waals surface area (Å²) in [6, 6.07) is -0.712. The summed E-state index contributed by atoms with van der Waals surface area (Å²) in [5, 5.41) is 54.5. The molecule has 1 heterocycles. The molecule has 0 aromatic heterocycles. The fraction of sp³-hybridized carbons (Fsp3) is 0.980. The van der Waals surface area contributed by atoms with E-state index in [1.54, 1.807) is 0 Å². The second-order valence-electron chi connectivity index (χ2n) is 18.0. The summed E-state index contributed by atoms with van der Waals surface area (Å²) in [6.07, 6.45) is 38.2. The minimum absolute atomic E-state index is 0.131. The van der Waals surface area contributed by atoms with Gasteiger partial charge in [-0.15, -0.1) is 0 Å². The van der Waals surface area contributed by atoms with Gasteiger partial charge >= 0.3 is 0 Å². The van der Waals surface area contributed by atoms with Gasteiger partial charge in [0, 0.05) is 6.42 Å². The number of aliphatic hydroxyl groups excluding tert-OH is 5. The van der Waals surface area contributed by atoms with Crippen molar-refractivity contribution in [1.29, 1.82) is 0 Å². The van der Waals surface area contributed by atoms with Gasteiger partial charge in [0.15, 0.2) is 6.29 Å². The Morgan fingerprint density at radius 1 is 0.517 bits per heavy atom. The second-order valence-corrected chi connectivity index (χ2v) is 18.0. The van der Waals surface area contributed by atoms with Crippen LogP contribution in [0.3, 0.4) is 0 Å². The summed E-state index contributed by atoms with van der Waals surface area (Å²) in [4.78, 5) is 13.0. The highest BCUT2D eigenvalue weighted by molar-refractivity contribution is 5.76. The lowest BCUT2D eigenvalue weighted by molar-refractivity contribution is -0.302. The molecule has 1 amide bonds. The van der Waals surface area contributed by atoms with E-state index in [0.717, 1.165) is 38.5 Å². The first kappa shape index (κ1) is 55.2. The van der Waals surface area contributed by atoms with Crippen LogP contribution in [0.2, 0.25) is 0 Å². The lowest BCUT2D eigenvalue weighted by Gasteiger charge is -2.40. The lowest BCUT2D eigenvalue weighted by Crippen LogP contribution is -2.60. The largest absolute Gasteiger partial charge is 0.394 e. The zero-order valence-electron chi connectivity index (χ0n) is 38.1. The molecular formula is C49H97NO8. The van der Waals surface area contributed by atoms with E-state index >= 15 is 0 Å². The van der Waals surface area contributed by atoms with Gasteiger partial charge in [-0.3, -0.25) is 4.79 Å². The van der Waals surface area contributed by atoms with Crippen LogP contribution in [0, 0.1) is 0 Å². The lowest BCUT2D eigenvalue weighted by atomic mass is 9.99. The number of aliphatic hydroxyl groups is 5. The highest BCUT2D eigenvalue weighted by atomic mass is 16.7. The molecule has 0 spiro atoms. The molecule has 0 radical (unpaired) electrons. The number of carbonyl (C=O) groups is 1. The minimum Gasteiger partial charge on any atom is -0.394 e. The van der Waals surface area contributed by atoms with Crippen molar-refractivity contribution in [2.24, 2.45) is 0 Å². The molecule has 9 heteroatoms. The Kier molecular flexibility index (Phi) is 38.3. The van der Waals surface area contributed by atoms with Crippen LogP contribution in [0.25, 0.3) is 0 Å². The highest BCUT2D eigenvalue weighted by Crippen LogP contribution is 2.23. The first-order valence-corrected chi connectivity index (χ1v) is 25.2. The van der Waals surface area contributed by atoms with Crippen molar-refractivity contribution >= 4 is 5.91 Å². The van der Waals surface area contributed by atoms with Gasteiger partial charge in [0.25, 0.3) is 0 Å². The van der Waals surface area contributed by atoms with Gasteiger partial charge in [0.1, 0.15) is 24.4 Å². The Hall–Kier alpha value is -0.810. The number of carbonyl (C=O) groups excluding carboxylic acids is 1. The van der Waals surface area contributed by atoms with Crippen LogP contribution in [0.4, 0.5) is 0 Å². The number of ether oxygens (including phenoxy) is 2. The topological polar surface area (TPSA) is 149 Å². The smallest absolute Gasteiger partial charge is 0.220 e. The quantitative estimate of drug-likeness (QED) is 0.0333. The molecule has 1 fully saturated rings. The summed E-state index contributed by atoms with van der Waals surface area (Å²) in [6.45, 7) is 3.87. The SMILES string of the molecule is CCCCCCCCCCCCCCCCCCCCC(=O)N[C@@H](CO[C@@H]1O[C@H](CO)[C@@H](O)C(O)C1O)[C@H](O)CCCCCCCCCCCCCCCCCCC.